The van der Waals surface area contributed by atoms with E-state index in [-0.39, 0.29) is 17.0 Å². The maximum atomic E-state index is 12.1. The molecule has 0 atom stereocenters. The molecule has 0 saturated carbocycles. The van der Waals surface area contributed by atoms with Crippen molar-refractivity contribution in [2.24, 2.45) is 0 Å². The molecule has 2 heterocycles. The zero-order chi connectivity index (χ0) is 17.1. The molecule has 0 aliphatic carbocycles. The van der Waals surface area contributed by atoms with Gasteiger partial charge in [-0.2, -0.15) is 5.10 Å². The van der Waals surface area contributed by atoms with Crippen LogP contribution in [-0.4, -0.2) is 43.2 Å². The van der Waals surface area contributed by atoms with E-state index in [0.717, 1.165) is 4.90 Å². The predicted octanol–water partition coefficient (Wildman–Crippen LogP) is 1.40. The molecule has 0 aliphatic heterocycles. The Morgan fingerprint density at radius 1 is 1.25 bits per heavy atom. The van der Waals surface area contributed by atoms with E-state index in [2.05, 4.69) is 15.4 Å². The number of carbonyl (C=O) groups excluding carboxylic acids is 1. The lowest BCUT2D eigenvalue weighted by atomic mass is 10.2. The lowest BCUT2D eigenvalue weighted by Gasteiger charge is -2.10. The lowest BCUT2D eigenvalue weighted by molar-refractivity contribution is -0.135. The van der Waals surface area contributed by atoms with Gasteiger partial charge in [-0.15, -0.1) is 0 Å². The molecule has 122 valence electrons. The number of hydrogen-bond acceptors (Lipinski definition) is 6. The molecule has 9 heteroatoms. The largest absolute Gasteiger partial charge is 0.507 e. The van der Waals surface area contributed by atoms with Gasteiger partial charge in [-0.3, -0.25) is 9.59 Å². The fourth-order valence-corrected chi connectivity index (χ4v) is 3.01. The minimum atomic E-state index is -1.18. The first-order valence-corrected chi connectivity index (χ1v) is 7.66. The van der Waals surface area contributed by atoms with Gasteiger partial charge in [0, 0.05) is 11.0 Å². The number of pyridine rings is 1. The number of nitrogens with one attached hydrogen (secondary N) is 1. The molecular formula is C15H12N4O4S. The first-order chi connectivity index (χ1) is 11.6. The topological polar surface area (TPSA) is 117 Å². The maximum absolute atomic E-state index is 12.1. The van der Waals surface area contributed by atoms with E-state index in [9.17, 15) is 14.7 Å². The highest BCUT2D eigenvalue weighted by Crippen LogP contribution is 2.32. The van der Waals surface area contributed by atoms with Gasteiger partial charge in [-0.25, -0.2) is 9.50 Å². The molecular weight excluding hydrogens is 332 g/mol. The Hall–Kier alpha value is -3.07. The van der Waals surface area contributed by atoms with E-state index in [1.807, 2.05) is 30.3 Å². The van der Waals surface area contributed by atoms with Gasteiger partial charge >= 0.3 is 5.97 Å². The highest BCUT2D eigenvalue weighted by Gasteiger charge is 2.21. The van der Waals surface area contributed by atoms with Gasteiger partial charge in [0.1, 0.15) is 29.2 Å². The Balaban J connectivity index is 2.00. The van der Waals surface area contributed by atoms with Crippen LogP contribution in [0.1, 0.15) is 10.4 Å². The molecule has 8 nitrogen and oxygen atoms in total. The first kappa shape index (κ1) is 15.8. The number of hydrogen-bond donors (Lipinski definition) is 3. The predicted molar refractivity (Wildman–Crippen MR) is 85.2 cm³/mol. The number of aromatic hydroxyl groups is 1. The summed E-state index contributed by atoms with van der Waals surface area (Å²) in [4.78, 5) is 27.6. The highest BCUT2D eigenvalue weighted by molar-refractivity contribution is 7.99. The Bertz CT molecular complexity index is 910. The SMILES string of the molecule is O=C(O)CNC(=O)c1c(O)cc(Sc2ccccc2)n2ncnc12. The van der Waals surface area contributed by atoms with Crippen LogP contribution in [0.15, 0.2) is 52.6 Å². The Kier molecular flexibility index (Phi) is 4.34. The standard InChI is InChI=1S/C15H12N4O4S/c20-10-6-11(24-9-4-2-1-3-5-9)19-14(17-8-18-19)13(10)15(23)16-7-12(21)22/h1-6,8,20H,7H2,(H,16,23)(H,21,22). The van der Waals surface area contributed by atoms with Crippen LogP contribution in [0.2, 0.25) is 0 Å². The summed E-state index contributed by atoms with van der Waals surface area (Å²) in [6, 6.07) is 10.9. The number of amides is 1. The number of aromatic nitrogens is 3. The average molecular weight is 344 g/mol. The van der Waals surface area contributed by atoms with Gasteiger partial charge < -0.3 is 15.5 Å². The zero-order valence-electron chi connectivity index (χ0n) is 12.2. The Morgan fingerprint density at radius 3 is 2.71 bits per heavy atom. The van der Waals surface area contributed by atoms with Crippen molar-refractivity contribution in [3.63, 3.8) is 0 Å². The van der Waals surface area contributed by atoms with Crippen LogP contribution < -0.4 is 5.32 Å². The number of fused-ring (bicyclic) bond motifs is 1. The van der Waals surface area contributed by atoms with E-state index in [4.69, 9.17) is 5.11 Å². The summed E-state index contributed by atoms with van der Waals surface area (Å²) in [5.74, 6) is -2.21. The van der Waals surface area contributed by atoms with Crippen LogP contribution in [0.4, 0.5) is 0 Å². The molecule has 2 aromatic heterocycles. The fourth-order valence-electron chi connectivity index (χ4n) is 2.08. The van der Waals surface area contributed by atoms with Crippen LogP contribution in [-0.2, 0) is 4.79 Å². The van der Waals surface area contributed by atoms with Crippen molar-refractivity contribution in [3.05, 3.63) is 48.3 Å². The summed E-state index contributed by atoms with van der Waals surface area (Å²) in [5, 5.41) is 25.7. The van der Waals surface area contributed by atoms with E-state index < -0.39 is 18.4 Å². The third-order valence-corrected chi connectivity index (χ3v) is 4.10. The lowest BCUT2D eigenvalue weighted by Crippen LogP contribution is -2.29. The summed E-state index contributed by atoms with van der Waals surface area (Å²) in [6.45, 7) is -0.556. The molecule has 0 bridgehead atoms. The number of nitrogens with zero attached hydrogens (tertiary/aromatic N) is 3. The molecule has 3 N–H and O–H groups in total. The molecule has 0 fully saturated rings. The number of carbonyl (C=O) groups is 2. The van der Waals surface area contributed by atoms with Crippen LogP contribution >= 0.6 is 11.8 Å². The number of carboxylic acids is 1. The molecule has 1 amide bonds. The van der Waals surface area contributed by atoms with Crippen molar-refractivity contribution in [3.8, 4) is 5.75 Å². The maximum Gasteiger partial charge on any atom is 0.322 e. The smallest absolute Gasteiger partial charge is 0.322 e. The number of rotatable bonds is 5. The normalized spacial score (nSPS) is 10.7. The van der Waals surface area contributed by atoms with Crippen molar-refractivity contribution in [1.82, 2.24) is 19.9 Å². The van der Waals surface area contributed by atoms with Crippen molar-refractivity contribution >= 4 is 29.3 Å². The third kappa shape index (κ3) is 3.15. The molecule has 3 aromatic rings. The quantitative estimate of drug-likeness (QED) is 0.640. The minimum Gasteiger partial charge on any atom is -0.507 e. The molecule has 3 rings (SSSR count). The summed E-state index contributed by atoms with van der Waals surface area (Å²) in [5.41, 5.74) is 0.0301. The van der Waals surface area contributed by atoms with Crippen LogP contribution in [0.25, 0.3) is 5.65 Å². The molecule has 0 radical (unpaired) electrons. The first-order valence-electron chi connectivity index (χ1n) is 6.85. The average Bonchev–Trinajstić information content (AvgIpc) is 3.03. The van der Waals surface area contributed by atoms with Crippen molar-refractivity contribution in [2.45, 2.75) is 9.92 Å². The summed E-state index contributed by atoms with van der Waals surface area (Å²) < 4.78 is 1.42. The van der Waals surface area contributed by atoms with E-state index in [0.29, 0.717) is 5.03 Å². The molecule has 0 spiro atoms. The van der Waals surface area contributed by atoms with Crippen LogP contribution in [0, 0.1) is 0 Å². The van der Waals surface area contributed by atoms with Gasteiger partial charge in [0.2, 0.25) is 0 Å². The van der Waals surface area contributed by atoms with Gasteiger partial charge in [-0.05, 0) is 12.1 Å². The monoisotopic (exact) mass is 344 g/mol. The molecule has 1 aromatic carbocycles. The van der Waals surface area contributed by atoms with Crippen molar-refractivity contribution in [1.29, 1.82) is 0 Å². The zero-order valence-corrected chi connectivity index (χ0v) is 13.0. The number of aliphatic carboxylic acids is 1. The third-order valence-electron chi connectivity index (χ3n) is 3.09. The van der Waals surface area contributed by atoms with Gasteiger partial charge in [0.05, 0.1) is 0 Å². The van der Waals surface area contributed by atoms with Crippen molar-refractivity contribution in [2.75, 3.05) is 6.54 Å². The van der Waals surface area contributed by atoms with E-state index >= 15 is 0 Å². The molecule has 24 heavy (non-hydrogen) atoms. The highest BCUT2D eigenvalue weighted by atomic mass is 32.2. The van der Waals surface area contributed by atoms with Crippen molar-refractivity contribution < 1.29 is 19.8 Å². The van der Waals surface area contributed by atoms with Gasteiger partial charge in [0.15, 0.2) is 5.65 Å². The summed E-state index contributed by atoms with van der Waals surface area (Å²) in [6.07, 6.45) is 1.26. The number of carboxylic acid groups (broad SMARTS) is 1. The Labute approximate surface area is 140 Å². The second kappa shape index (κ2) is 6.59. The van der Waals surface area contributed by atoms with Crippen LogP contribution in [0.3, 0.4) is 0 Å². The number of benzene rings is 1. The fraction of sp³-hybridized carbons (Fsp3) is 0.0667. The second-order valence-corrected chi connectivity index (χ2v) is 5.82. The van der Waals surface area contributed by atoms with Gasteiger partial charge in [0.25, 0.3) is 5.91 Å². The van der Waals surface area contributed by atoms with Crippen LogP contribution in [0.5, 0.6) is 5.75 Å². The molecule has 0 aliphatic rings. The second-order valence-electron chi connectivity index (χ2n) is 4.73. The van der Waals surface area contributed by atoms with E-state index in [1.165, 1.54) is 28.7 Å². The Morgan fingerprint density at radius 2 is 2.00 bits per heavy atom. The minimum absolute atomic E-state index is 0.119. The summed E-state index contributed by atoms with van der Waals surface area (Å²) in [7, 11) is 0. The molecule has 0 unspecified atom stereocenters. The summed E-state index contributed by atoms with van der Waals surface area (Å²) >= 11 is 1.35. The van der Waals surface area contributed by atoms with E-state index in [1.54, 1.807) is 0 Å². The van der Waals surface area contributed by atoms with Gasteiger partial charge in [-0.1, -0.05) is 30.0 Å². The molecule has 0 saturated heterocycles.